The maximum atomic E-state index is 12.2. The van der Waals surface area contributed by atoms with Crippen molar-refractivity contribution in [1.29, 1.82) is 0 Å². The zero-order valence-electron chi connectivity index (χ0n) is 14.6. The van der Waals surface area contributed by atoms with Gasteiger partial charge in [-0.15, -0.1) is 0 Å². The van der Waals surface area contributed by atoms with Gasteiger partial charge in [0.15, 0.2) is 5.65 Å². The molecule has 0 radical (unpaired) electrons. The lowest BCUT2D eigenvalue weighted by Gasteiger charge is -2.05. The number of pyridine rings is 1. The fourth-order valence-corrected chi connectivity index (χ4v) is 4.21. The van der Waals surface area contributed by atoms with Crippen molar-refractivity contribution in [3.8, 4) is 0 Å². The van der Waals surface area contributed by atoms with Gasteiger partial charge >= 0.3 is 5.16 Å². The fraction of sp³-hybridized carbons (Fsp3) is 0.167. The van der Waals surface area contributed by atoms with Crippen LogP contribution < -0.4 is 0 Å². The molecule has 0 aliphatic carbocycles. The van der Waals surface area contributed by atoms with Crippen molar-refractivity contribution in [2.24, 2.45) is 0 Å². The van der Waals surface area contributed by atoms with Crippen molar-refractivity contribution in [2.45, 2.75) is 18.1 Å². The predicted molar refractivity (Wildman–Crippen MR) is 112 cm³/mol. The van der Waals surface area contributed by atoms with Crippen LogP contribution in [0.2, 0.25) is 15.2 Å². The molecule has 3 heterocycles. The Labute approximate surface area is 179 Å². The van der Waals surface area contributed by atoms with Gasteiger partial charge in [0.1, 0.15) is 22.7 Å². The number of hydrogen-bond acceptors (Lipinski definition) is 4. The molecule has 144 valence electrons. The first-order chi connectivity index (χ1) is 13.4. The SMILES string of the molecule is C[S+]([O-])c1nc(Cc2ccc(Cl)cc2Cl)cn1Cc1nc2ccc(Cl)nc2[nH]1. The Hall–Kier alpha value is -1.77. The number of H-pyrrole nitrogens is 1. The summed E-state index contributed by atoms with van der Waals surface area (Å²) in [7, 11) is 0. The molecule has 3 aromatic heterocycles. The van der Waals surface area contributed by atoms with Gasteiger partial charge < -0.3 is 9.54 Å². The van der Waals surface area contributed by atoms with Crippen LogP contribution in [0.1, 0.15) is 17.1 Å². The lowest BCUT2D eigenvalue weighted by Crippen LogP contribution is -2.10. The molecule has 0 bridgehead atoms. The summed E-state index contributed by atoms with van der Waals surface area (Å²) in [4.78, 5) is 16.4. The van der Waals surface area contributed by atoms with E-state index in [2.05, 4.69) is 19.9 Å². The Morgan fingerprint density at radius 3 is 2.68 bits per heavy atom. The van der Waals surface area contributed by atoms with Crippen LogP contribution in [-0.4, -0.2) is 35.3 Å². The van der Waals surface area contributed by atoms with E-state index in [1.165, 1.54) is 0 Å². The quantitative estimate of drug-likeness (QED) is 0.356. The van der Waals surface area contributed by atoms with Gasteiger partial charge in [0, 0.05) is 33.8 Å². The molecule has 10 heteroatoms. The van der Waals surface area contributed by atoms with E-state index in [1.807, 2.05) is 16.8 Å². The number of benzene rings is 1. The largest absolute Gasteiger partial charge is 0.609 e. The Morgan fingerprint density at radius 1 is 1.11 bits per heavy atom. The van der Waals surface area contributed by atoms with E-state index in [-0.39, 0.29) is 0 Å². The molecule has 1 N–H and O–H groups in total. The highest BCUT2D eigenvalue weighted by Crippen LogP contribution is 2.24. The monoisotopic (exact) mass is 453 g/mol. The van der Waals surface area contributed by atoms with Gasteiger partial charge in [-0.05, 0) is 29.8 Å². The molecule has 1 atom stereocenters. The molecule has 0 aliphatic rings. The van der Waals surface area contributed by atoms with Crippen LogP contribution in [0.4, 0.5) is 0 Å². The summed E-state index contributed by atoms with van der Waals surface area (Å²) in [6.45, 7) is 0.379. The molecule has 1 unspecified atom stereocenters. The number of aromatic nitrogens is 5. The van der Waals surface area contributed by atoms with Crippen LogP contribution in [0, 0.1) is 0 Å². The number of halogens is 3. The van der Waals surface area contributed by atoms with Gasteiger partial charge in [0.25, 0.3) is 0 Å². The maximum Gasteiger partial charge on any atom is 0.323 e. The van der Waals surface area contributed by atoms with E-state index in [4.69, 9.17) is 34.8 Å². The van der Waals surface area contributed by atoms with Crippen LogP contribution >= 0.6 is 34.8 Å². The maximum absolute atomic E-state index is 12.2. The standard InChI is InChI=1S/C18H14Cl3N5OS/c1-28(27)18-22-12(6-10-2-3-11(19)7-13(10)20)8-26(18)9-16-23-14-4-5-15(21)24-17(14)25-16/h2-5,7-8H,6,9H2,1H3,(H,23,24,25). The molecular formula is C18H14Cl3N5OS. The average Bonchev–Trinajstić information content (AvgIpc) is 3.20. The van der Waals surface area contributed by atoms with Crippen LogP contribution in [0.15, 0.2) is 41.7 Å². The fourth-order valence-electron chi connectivity index (χ4n) is 2.90. The summed E-state index contributed by atoms with van der Waals surface area (Å²) >= 11 is 16.9. The van der Waals surface area contributed by atoms with Gasteiger partial charge in [0.05, 0.1) is 12.2 Å². The molecular weight excluding hydrogens is 441 g/mol. The lowest BCUT2D eigenvalue weighted by atomic mass is 10.1. The third kappa shape index (κ3) is 4.14. The van der Waals surface area contributed by atoms with E-state index < -0.39 is 11.2 Å². The van der Waals surface area contributed by atoms with Gasteiger partial charge in [-0.2, -0.15) is 4.98 Å². The Bertz CT molecular complexity index is 1160. The second-order valence-corrected chi connectivity index (χ2v) is 8.70. The molecule has 4 aromatic rings. The van der Waals surface area contributed by atoms with E-state index in [9.17, 15) is 4.55 Å². The Balaban J connectivity index is 1.64. The number of fused-ring (bicyclic) bond motifs is 1. The van der Waals surface area contributed by atoms with Crippen molar-refractivity contribution in [2.75, 3.05) is 6.26 Å². The topological polar surface area (TPSA) is 82.4 Å². The van der Waals surface area contributed by atoms with Crippen LogP contribution in [0.5, 0.6) is 0 Å². The molecule has 0 spiro atoms. The summed E-state index contributed by atoms with van der Waals surface area (Å²) in [6, 6.07) is 8.82. The lowest BCUT2D eigenvalue weighted by molar-refractivity contribution is 0.575. The minimum Gasteiger partial charge on any atom is -0.609 e. The van der Waals surface area contributed by atoms with Gasteiger partial charge in [-0.25, -0.2) is 9.97 Å². The van der Waals surface area contributed by atoms with Crippen molar-refractivity contribution in [1.82, 2.24) is 24.5 Å². The summed E-state index contributed by atoms with van der Waals surface area (Å²) < 4.78 is 14.0. The van der Waals surface area contributed by atoms with E-state index in [1.54, 1.807) is 30.5 Å². The Kier molecular flexibility index (Phi) is 5.53. The van der Waals surface area contributed by atoms with E-state index in [0.717, 1.165) is 11.3 Å². The molecule has 1 aromatic carbocycles. The summed E-state index contributed by atoms with van der Waals surface area (Å²) in [5.41, 5.74) is 2.97. The highest BCUT2D eigenvalue weighted by Gasteiger charge is 2.19. The molecule has 0 saturated carbocycles. The van der Waals surface area contributed by atoms with Crippen molar-refractivity contribution in [3.05, 3.63) is 68.8 Å². The predicted octanol–water partition coefficient (Wildman–Crippen LogP) is 4.49. The van der Waals surface area contributed by atoms with E-state index in [0.29, 0.717) is 50.3 Å². The number of rotatable bonds is 5. The first-order valence-electron chi connectivity index (χ1n) is 8.23. The Morgan fingerprint density at radius 2 is 1.93 bits per heavy atom. The first-order valence-corrected chi connectivity index (χ1v) is 10.9. The highest BCUT2D eigenvalue weighted by atomic mass is 35.5. The minimum absolute atomic E-state index is 0.379. The van der Waals surface area contributed by atoms with Crippen LogP contribution in [0.3, 0.4) is 0 Å². The van der Waals surface area contributed by atoms with Crippen LogP contribution in [0.25, 0.3) is 11.2 Å². The zero-order valence-corrected chi connectivity index (χ0v) is 17.7. The second kappa shape index (κ2) is 7.93. The number of nitrogens with zero attached hydrogens (tertiary/aromatic N) is 4. The molecule has 4 rings (SSSR count). The molecule has 0 fully saturated rings. The molecule has 28 heavy (non-hydrogen) atoms. The minimum atomic E-state index is -1.26. The third-order valence-electron chi connectivity index (χ3n) is 4.11. The normalized spacial score (nSPS) is 12.6. The molecule has 0 aliphatic heterocycles. The number of hydrogen-bond donors (Lipinski definition) is 1. The smallest absolute Gasteiger partial charge is 0.323 e. The third-order valence-corrected chi connectivity index (χ3v) is 5.75. The number of imidazole rings is 2. The molecule has 0 saturated heterocycles. The van der Waals surface area contributed by atoms with Gasteiger partial charge in [-0.1, -0.05) is 40.9 Å². The van der Waals surface area contributed by atoms with E-state index >= 15 is 0 Å². The number of nitrogens with one attached hydrogen (secondary N) is 1. The van der Waals surface area contributed by atoms with Gasteiger partial charge in [0.2, 0.25) is 0 Å². The summed E-state index contributed by atoms with van der Waals surface area (Å²) in [6.07, 6.45) is 3.96. The summed E-state index contributed by atoms with van der Waals surface area (Å²) in [5, 5.41) is 2.00. The second-order valence-electron chi connectivity index (χ2n) is 6.19. The van der Waals surface area contributed by atoms with Crippen molar-refractivity contribution < 1.29 is 4.55 Å². The average molecular weight is 455 g/mol. The first kappa shape index (κ1) is 19.5. The van der Waals surface area contributed by atoms with Crippen molar-refractivity contribution in [3.63, 3.8) is 0 Å². The zero-order chi connectivity index (χ0) is 19.8. The highest BCUT2D eigenvalue weighted by molar-refractivity contribution is 7.90. The summed E-state index contributed by atoms with van der Waals surface area (Å²) in [5.74, 6) is 0.671. The number of aromatic amines is 1. The molecule has 6 nitrogen and oxygen atoms in total. The van der Waals surface area contributed by atoms with Crippen molar-refractivity contribution >= 4 is 57.1 Å². The molecule has 0 amide bonds. The van der Waals surface area contributed by atoms with Crippen LogP contribution in [-0.2, 0) is 24.1 Å². The van der Waals surface area contributed by atoms with Gasteiger partial charge in [-0.3, -0.25) is 4.57 Å².